The van der Waals surface area contributed by atoms with Gasteiger partial charge in [0.25, 0.3) is 0 Å². The molecular formula is C13H15N3OS. The monoisotopic (exact) mass is 261 g/mol. The van der Waals surface area contributed by atoms with Crippen molar-refractivity contribution >= 4 is 23.5 Å². The summed E-state index contributed by atoms with van der Waals surface area (Å²) < 4.78 is 0. The van der Waals surface area contributed by atoms with E-state index in [9.17, 15) is 4.79 Å². The molecule has 0 saturated carbocycles. The normalized spacial score (nSPS) is 21.4. The lowest BCUT2D eigenvalue weighted by atomic mass is 10.2. The molecule has 1 saturated heterocycles. The molecule has 1 atom stereocenters. The van der Waals surface area contributed by atoms with Crippen LogP contribution in [-0.2, 0) is 0 Å². The summed E-state index contributed by atoms with van der Waals surface area (Å²) in [6.07, 6.45) is 0. The van der Waals surface area contributed by atoms with Gasteiger partial charge in [0.2, 0.25) is 0 Å². The van der Waals surface area contributed by atoms with Crippen molar-refractivity contribution in [1.29, 1.82) is 5.26 Å². The summed E-state index contributed by atoms with van der Waals surface area (Å²) in [5, 5.41) is 11.9. The molecule has 1 aromatic rings. The van der Waals surface area contributed by atoms with E-state index < -0.39 is 0 Å². The fraction of sp³-hybridized carbons (Fsp3) is 0.385. The van der Waals surface area contributed by atoms with E-state index in [0.29, 0.717) is 5.75 Å². The second-order valence-corrected chi connectivity index (χ2v) is 6.19. The number of amides is 2. The molecule has 5 heteroatoms. The number of para-hydroxylation sites is 1. The Morgan fingerprint density at radius 3 is 2.78 bits per heavy atom. The number of nitrogens with zero attached hydrogens (tertiary/aromatic N) is 2. The van der Waals surface area contributed by atoms with Crippen LogP contribution in [0.15, 0.2) is 30.3 Å². The molecule has 1 aliphatic heterocycles. The van der Waals surface area contributed by atoms with E-state index in [1.165, 1.54) is 0 Å². The maximum Gasteiger partial charge on any atom is 0.324 e. The first-order valence-corrected chi connectivity index (χ1v) is 6.72. The van der Waals surface area contributed by atoms with Gasteiger partial charge in [0.15, 0.2) is 0 Å². The van der Waals surface area contributed by atoms with E-state index in [0.717, 1.165) is 5.69 Å². The predicted octanol–water partition coefficient (Wildman–Crippen LogP) is 2.90. The van der Waals surface area contributed by atoms with E-state index >= 15 is 0 Å². The number of carbonyl (C=O) groups excluding carboxylic acids is 1. The van der Waals surface area contributed by atoms with Crippen LogP contribution < -0.4 is 5.32 Å². The predicted molar refractivity (Wildman–Crippen MR) is 73.2 cm³/mol. The highest BCUT2D eigenvalue weighted by Gasteiger charge is 2.43. The minimum Gasteiger partial charge on any atom is -0.308 e. The van der Waals surface area contributed by atoms with Crippen LogP contribution in [0.5, 0.6) is 0 Å². The number of hydrogen-bond donors (Lipinski definition) is 1. The molecule has 1 N–H and O–H groups in total. The highest BCUT2D eigenvalue weighted by atomic mass is 32.2. The van der Waals surface area contributed by atoms with Crippen LogP contribution in [0.25, 0.3) is 0 Å². The third-order valence-corrected chi connectivity index (χ3v) is 4.26. The third kappa shape index (κ3) is 2.44. The number of nitrogens with one attached hydrogen (secondary N) is 1. The van der Waals surface area contributed by atoms with Gasteiger partial charge in [0.1, 0.15) is 6.04 Å². The van der Waals surface area contributed by atoms with Crippen LogP contribution in [0, 0.1) is 11.3 Å². The Morgan fingerprint density at radius 2 is 2.17 bits per heavy atom. The average molecular weight is 261 g/mol. The summed E-state index contributed by atoms with van der Waals surface area (Å²) in [6.45, 7) is 3.92. The maximum atomic E-state index is 12.3. The summed E-state index contributed by atoms with van der Waals surface area (Å²) >= 11 is 1.62. The summed E-state index contributed by atoms with van der Waals surface area (Å²) in [4.78, 5) is 13.5. The molecule has 1 aliphatic rings. The molecule has 1 fully saturated rings. The molecular weight excluding hydrogens is 246 g/mol. The highest BCUT2D eigenvalue weighted by Crippen LogP contribution is 2.38. The van der Waals surface area contributed by atoms with Gasteiger partial charge in [-0.1, -0.05) is 18.2 Å². The van der Waals surface area contributed by atoms with E-state index in [2.05, 4.69) is 11.4 Å². The van der Waals surface area contributed by atoms with Crippen molar-refractivity contribution in [2.75, 3.05) is 11.1 Å². The first-order chi connectivity index (χ1) is 8.54. The van der Waals surface area contributed by atoms with Gasteiger partial charge in [0.05, 0.1) is 10.9 Å². The Bertz CT molecular complexity index is 481. The fourth-order valence-corrected chi connectivity index (χ4v) is 3.13. The Morgan fingerprint density at radius 1 is 1.50 bits per heavy atom. The Balaban J connectivity index is 2.15. The number of carbonyl (C=O) groups is 1. The molecule has 94 valence electrons. The van der Waals surface area contributed by atoms with Gasteiger partial charge < -0.3 is 5.32 Å². The number of nitriles is 1. The van der Waals surface area contributed by atoms with Crippen molar-refractivity contribution in [3.8, 4) is 6.07 Å². The summed E-state index contributed by atoms with van der Waals surface area (Å²) in [7, 11) is 0. The van der Waals surface area contributed by atoms with E-state index in [-0.39, 0.29) is 16.9 Å². The molecule has 1 aromatic carbocycles. The van der Waals surface area contributed by atoms with Crippen molar-refractivity contribution < 1.29 is 4.79 Å². The minimum atomic E-state index is -0.367. The number of rotatable bonds is 1. The SMILES string of the molecule is CC1(C)SCC(C#N)N1C(=O)Nc1ccccc1. The molecule has 0 aromatic heterocycles. The van der Waals surface area contributed by atoms with Crippen molar-refractivity contribution in [1.82, 2.24) is 4.90 Å². The standard InChI is InChI=1S/C13H15N3OS/c1-13(2)16(11(8-14)9-18-13)12(17)15-10-6-4-3-5-7-10/h3-7,11H,9H2,1-2H3,(H,15,17). The van der Waals surface area contributed by atoms with Crippen LogP contribution in [0.1, 0.15) is 13.8 Å². The van der Waals surface area contributed by atoms with Crippen molar-refractivity contribution in [3.63, 3.8) is 0 Å². The number of hydrogen-bond acceptors (Lipinski definition) is 3. The fourth-order valence-electron chi connectivity index (χ4n) is 1.99. The van der Waals surface area contributed by atoms with Crippen LogP contribution in [0.4, 0.5) is 10.5 Å². The lowest BCUT2D eigenvalue weighted by Crippen LogP contribution is -2.48. The van der Waals surface area contributed by atoms with Crippen molar-refractivity contribution in [3.05, 3.63) is 30.3 Å². The lowest BCUT2D eigenvalue weighted by Gasteiger charge is -2.32. The molecule has 4 nitrogen and oxygen atoms in total. The number of anilines is 1. The van der Waals surface area contributed by atoms with Crippen LogP contribution in [-0.4, -0.2) is 27.6 Å². The molecule has 2 rings (SSSR count). The van der Waals surface area contributed by atoms with Crippen LogP contribution in [0.2, 0.25) is 0 Å². The summed E-state index contributed by atoms with van der Waals surface area (Å²) in [6, 6.07) is 10.9. The molecule has 1 unspecified atom stereocenters. The van der Waals surface area contributed by atoms with Crippen LogP contribution >= 0.6 is 11.8 Å². The Labute approximate surface area is 111 Å². The van der Waals surface area contributed by atoms with Gasteiger partial charge in [-0.15, -0.1) is 11.8 Å². The smallest absolute Gasteiger partial charge is 0.308 e. The van der Waals surface area contributed by atoms with Crippen LogP contribution in [0.3, 0.4) is 0 Å². The molecule has 0 spiro atoms. The topological polar surface area (TPSA) is 56.1 Å². The van der Waals surface area contributed by atoms with Gasteiger partial charge >= 0.3 is 6.03 Å². The van der Waals surface area contributed by atoms with Gasteiger partial charge in [-0.2, -0.15) is 5.26 Å². The molecule has 0 bridgehead atoms. The average Bonchev–Trinajstić information content (AvgIpc) is 2.65. The van der Waals surface area contributed by atoms with E-state index in [4.69, 9.17) is 5.26 Å². The molecule has 1 heterocycles. The number of urea groups is 1. The van der Waals surface area contributed by atoms with E-state index in [1.54, 1.807) is 16.7 Å². The molecule has 2 amide bonds. The molecule has 0 aliphatic carbocycles. The lowest BCUT2D eigenvalue weighted by molar-refractivity contribution is 0.185. The highest BCUT2D eigenvalue weighted by molar-refractivity contribution is 8.00. The largest absolute Gasteiger partial charge is 0.324 e. The number of thioether (sulfide) groups is 1. The molecule has 0 radical (unpaired) electrons. The third-order valence-electron chi connectivity index (χ3n) is 2.88. The first-order valence-electron chi connectivity index (χ1n) is 5.73. The van der Waals surface area contributed by atoms with Gasteiger partial charge in [-0.25, -0.2) is 4.79 Å². The second-order valence-electron chi connectivity index (χ2n) is 4.57. The Hall–Kier alpha value is -1.67. The summed E-state index contributed by atoms with van der Waals surface area (Å²) in [5.74, 6) is 0.658. The molecule has 18 heavy (non-hydrogen) atoms. The van der Waals surface area contributed by atoms with E-state index in [1.807, 2.05) is 44.2 Å². The Kier molecular flexibility index (Phi) is 3.48. The maximum absolute atomic E-state index is 12.3. The second kappa shape index (κ2) is 4.91. The zero-order valence-electron chi connectivity index (χ0n) is 10.4. The van der Waals surface area contributed by atoms with Gasteiger partial charge in [0, 0.05) is 11.4 Å². The van der Waals surface area contributed by atoms with Crippen molar-refractivity contribution in [2.24, 2.45) is 0 Å². The van der Waals surface area contributed by atoms with Gasteiger partial charge in [-0.3, -0.25) is 4.90 Å². The quantitative estimate of drug-likeness (QED) is 0.845. The van der Waals surface area contributed by atoms with Crippen molar-refractivity contribution in [2.45, 2.75) is 24.8 Å². The van der Waals surface area contributed by atoms with Gasteiger partial charge in [-0.05, 0) is 26.0 Å². The first kappa shape index (κ1) is 12.8. The minimum absolute atomic E-state index is 0.220. The zero-order chi connectivity index (χ0) is 13.2. The zero-order valence-corrected chi connectivity index (χ0v) is 11.2. The summed E-state index contributed by atoms with van der Waals surface area (Å²) in [5.41, 5.74) is 0.742. The number of benzene rings is 1.